The fourth-order valence-corrected chi connectivity index (χ4v) is 1.96. The van der Waals surface area contributed by atoms with E-state index in [0.717, 1.165) is 31.8 Å². The Bertz CT molecular complexity index is 346. The smallest absolute Gasteiger partial charge is 0.120 e. The van der Waals surface area contributed by atoms with Gasteiger partial charge >= 0.3 is 0 Å². The second-order valence-corrected chi connectivity index (χ2v) is 4.22. The van der Waals surface area contributed by atoms with E-state index >= 15 is 0 Å². The molecule has 1 aromatic rings. The molecule has 3 heteroatoms. The number of ether oxygens (including phenoxy) is 2. The van der Waals surface area contributed by atoms with Gasteiger partial charge in [-0.05, 0) is 30.2 Å². The largest absolute Gasteiger partial charge is 0.490 e. The van der Waals surface area contributed by atoms with Crippen LogP contribution in [0.1, 0.15) is 24.0 Å². The molecule has 0 saturated carbocycles. The van der Waals surface area contributed by atoms with Gasteiger partial charge in [0, 0.05) is 19.4 Å². The fraction of sp³-hybridized carbons (Fsp3) is 0.538. The molecule has 1 aliphatic rings. The Balaban J connectivity index is 2.01. The van der Waals surface area contributed by atoms with Crippen molar-refractivity contribution in [2.45, 2.75) is 32.4 Å². The van der Waals surface area contributed by atoms with Crippen LogP contribution in [0.2, 0.25) is 0 Å². The van der Waals surface area contributed by atoms with E-state index in [1.807, 2.05) is 12.1 Å². The summed E-state index contributed by atoms with van der Waals surface area (Å²) in [5, 5.41) is 0. The van der Waals surface area contributed by atoms with Crippen molar-refractivity contribution in [1.29, 1.82) is 0 Å². The number of hydrogen-bond donors (Lipinski definition) is 1. The van der Waals surface area contributed by atoms with Crippen LogP contribution in [0.25, 0.3) is 0 Å². The maximum Gasteiger partial charge on any atom is 0.120 e. The second-order valence-electron chi connectivity index (χ2n) is 4.22. The van der Waals surface area contributed by atoms with E-state index in [9.17, 15) is 0 Å². The summed E-state index contributed by atoms with van der Waals surface area (Å²) in [5.41, 5.74) is 8.01. The molecule has 0 atom stereocenters. The van der Waals surface area contributed by atoms with E-state index in [0.29, 0.717) is 12.6 Å². The first-order valence-electron chi connectivity index (χ1n) is 5.83. The molecule has 0 radical (unpaired) electrons. The first-order chi connectivity index (χ1) is 7.79. The maximum atomic E-state index is 5.91. The van der Waals surface area contributed by atoms with E-state index in [4.69, 9.17) is 15.2 Å². The third-order valence-corrected chi connectivity index (χ3v) is 3.01. The molecule has 0 spiro atoms. The van der Waals surface area contributed by atoms with Crippen LogP contribution in [0.15, 0.2) is 18.2 Å². The highest BCUT2D eigenvalue weighted by molar-refractivity contribution is 5.34. The van der Waals surface area contributed by atoms with Crippen LogP contribution in [0.3, 0.4) is 0 Å². The van der Waals surface area contributed by atoms with Crippen LogP contribution in [-0.4, -0.2) is 19.3 Å². The number of hydrogen-bond acceptors (Lipinski definition) is 3. The Morgan fingerprint density at radius 3 is 2.75 bits per heavy atom. The highest BCUT2D eigenvalue weighted by Gasteiger charge is 2.15. The van der Waals surface area contributed by atoms with E-state index in [1.165, 1.54) is 11.1 Å². The van der Waals surface area contributed by atoms with Gasteiger partial charge < -0.3 is 15.2 Å². The van der Waals surface area contributed by atoms with Crippen molar-refractivity contribution >= 4 is 0 Å². The van der Waals surface area contributed by atoms with Gasteiger partial charge in [0.2, 0.25) is 0 Å². The van der Waals surface area contributed by atoms with Crippen molar-refractivity contribution in [3.8, 4) is 5.75 Å². The van der Waals surface area contributed by atoms with Crippen molar-refractivity contribution in [3.05, 3.63) is 29.3 Å². The van der Waals surface area contributed by atoms with Gasteiger partial charge in [-0.2, -0.15) is 0 Å². The summed E-state index contributed by atoms with van der Waals surface area (Å²) < 4.78 is 11.2. The van der Waals surface area contributed by atoms with Crippen molar-refractivity contribution < 1.29 is 9.47 Å². The molecule has 88 valence electrons. The standard InChI is InChI=1S/C13H19NO2/c1-10-8-13(3-2-11(10)9-14)16-12-4-6-15-7-5-12/h2-3,8,12H,4-7,9,14H2,1H3. The Morgan fingerprint density at radius 1 is 1.38 bits per heavy atom. The molecule has 2 N–H and O–H groups in total. The molecule has 1 aliphatic heterocycles. The third-order valence-electron chi connectivity index (χ3n) is 3.01. The number of aryl methyl sites for hydroxylation is 1. The molecule has 1 heterocycles. The Morgan fingerprint density at radius 2 is 2.12 bits per heavy atom. The highest BCUT2D eigenvalue weighted by atomic mass is 16.5. The van der Waals surface area contributed by atoms with Crippen LogP contribution >= 0.6 is 0 Å². The van der Waals surface area contributed by atoms with Crippen LogP contribution in [0, 0.1) is 6.92 Å². The summed E-state index contributed by atoms with van der Waals surface area (Å²) >= 11 is 0. The monoisotopic (exact) mass is 221 g/mol. The molecular weight excluding hydrogens is 202 g/mol. The predicted molar refractivity (Wildman–Crippen MR) is 63.5 cm³/mol. The summed E-state index contributed by atoms with van der Waals surface area (Å²) in [4.78, 5) is 0. The lowest BCUT2D eigenvalue weighted by Crippen LogP contribution is -2.25. The van der Waals surface area contributed by atoms with E-state index in [-0.39, 0.29) is 0 Å². The lowest BCUT2D eigenvalue weighted by molar-refractivity contribution is 0.0255. The average Bonchev–Trinajstić information content (AvgIpc) is 2.31. The van der Waals surface area contributed by atoms with Crippen molar-refractivity contribution in [3.63, 3.8) is 0 Å². The zero-order valence-electron chi connectivity index (χ0n) is 9.74. The minimum Gasteiger partial charge on any atom is -0.490 e. The normalized spacial score (nSPS) is 17.4. The molecule has 1 saturated heterocycles. The van der Waals surface area contributed by atoms with Crippen LogP contribution in [0.4, 0.5) is 0 Å². The zero-order chi connectivity index (χ0) is 11.4. The summed E-state index contributed by atoms with van der Waals surface area (Å²) in [6.45, 7) is 4.28. The lowest BCUT2D eigenvalue weighted by atomic mass is 10.1. The first-order valence-corrected chi connectivity index (χ1v) is 5.83. The summed E-state index contributed by atoms with van der Waals surface area (Å²) in [5.74, 6) is 0.946. The highest BCUT2D eigenvalue weighted by Crippen LogP contribution is 2.21. The SMILES string of the molecule is Cc1cc(OC2CCOCC2)ccc1CN. The molecule has 0 bridgehead atoms. The molecule has 1 aromatic carbocycles. The van der Waals surface area contributed by atoms with Crippen molar-refractivity contribution in [2.75, 3.05) is 13.2 Å². The Labute approximate surface area is 96.5 Å². The van der Waals surface area contributed by atoms with Gasteiger partial charge in [0.25, 0.3) is 0 Å². The van der Waals surface area contributed by atoms with Gasteiger partial charge in [0.05, 0.1) is 13.2 Å². The average molecular weight is 221 g/mol. The molecule has 1 fully saturated rings. The van der Waals surface area contributed by atoms with Gasteiger partial charge in [-0.25, -0.2) is 0 Å². The molecule has 0 aliphatic carbocycles. The zero-order valence-corrected chi connectivity index (χ0v) is 9.74. The van der Waals surface area contributed by atoms with Gasteiger partial charge in [0.15, 0.2) is 0 Å². The van der Waals surface area contributed by atoms with E-state index in [2.05, 4.69) is 13.0 Å². The number of benzene rings is 1. The summed E-state index contributed by atoms with van der Waals surface area (Å²) in [6, 6.07) is 6.12. The first kappa shape index (κ1) is 11.4. The van der Waals surface area contributed by atoms with E-state index in [1.54, 1.807) is 0 Å². The van der Waals surface area contributed by atoms with Crippen molar-refractivity contribution in [2.24, 2.45) is 5.73 Å². The number of nitrogens with two attached hydrogens (primary N) is 1. The lowest BCUT2D eigenvalue weighted by Gasteiger charge is -2.23. The number of rotatable bonds is 3. The summed E-state index contributed by atoms with van der Waals surface area (Å²) in [7, 11) is 0. The molecule has 3 nitrogen and oxygen atoms in total. The van der Waals surface area contributed by atoms with Gasteiger partial charge in [-0.3, -0.25) is 0 Å². The van der Waals surface area contributed by atoms with Gasteiger partial charge in [-0.1, -0.05) is 6.07 Å². The molecular formula is C13H19NO2. The van der Waals surface area contributed by atoms with Gasteiger partial charge in [0.1, 0.15) is 11.9 Å². The molecule has 2 rings (SSSR count). The molecule has 16 heavy (non-hydrogen) atoms. The maximum absolute atomic E-state index is 5.91. The van der Waals surface area contributed by atoms with Crippen LogP contribution in [0.5, 0.6) is 5.75 Å². The minimum absolute atomic E-state index is 0.303. The van der Waals surface area contributed by atoms with Crippen molar-refractivity contribution in [1.82, 2.24) is 0 Å². The quantitative estimate of drug-likeness (QED) is 0.849. The Hall–Kier alpha value is -1.06. The molecule has 0 aromatic heterocycles. The third kappa shape index (κ3) is 2.74. The van der Waals surface area contributed by atoms with Crippen LogP contribution in [-0.2, 0) is 11.3 Å². The van der Waals surface area contributed by atoms with Crippen LogP contribution < -0.4 is 10.5 Å². The predicted octanol–water partition coefficient (Wildman–Crippen LogP) is 2.01. The minimum atomic E-state index is 0.303. The second kappa shape index (κ2) is 5.32. The molecule has 0 unspecified atom stereocenters. The van der Waals surface area contributed by atoms with E-state index < -0.39 is 0 Å². The van der Waals surface area contributed by atoms with Gasteiger partial charge in [-0.15, -0.1) is 0 Å². The molecule has 0 amide bonds. The fourth-order valence-electron chi connectivity index (χ4n) is 1.96. The summed E-state index contributed by atoms with van der Waals surface area (Å²) in [6.07, 6.45) is 2.27. The Kier molecular flexibility index (Phi) is 3.80. The topological polar surface area (TPSA) is 44.5 Å².